The van der Waals surface area contributed by atoms with Crippen molar-refractivity contribution in [1.29, 1.82) is 5.26 Å². The van der Waals surface area contributed by atoms with Crippen molar-refractivity contribution in [2.45, 2.75) is 31.7 Å². The highest BCUT2D eigenvalue weighted by atomic mass is 16.5. The predicted molar refractivity (Wildman–Crippen MR) is 110 cm³/mol. The van der Waals surface area contributed by atoms with Crippen LogP contribution in [0.25, 0.3) is 0 Å². The summed E-state index contributed by atoms with van der Waals surface area (Å²) in [6, 6.07) is 14.5. The molecule has 2 aromatic rings. The van der Waals surface area contributed by atoms with Gasteiger partial charge < -0.3 is 19.7 Å². The van der Waals surface area contributed by atoms with Gasteiger partial charge in [-0.05, 0) is 54.8 Å². The first-order chi connectivity index (χ1) is 14.7. The van der Waals surface area contributed by atoms with Gasteiger partial charge in [-0.15, -0.1) is 0 Å². The summed E-state index contributed by atoms with van der Waals surface area (Å²) in [7, 11) is 0. The first-order valence-electron chi connectivity index (χ1n) is 10.1. The number of hydrogen-bond acceptors (Lipinski definition) is 5. The monoisotopic (exact) mass is 405 g/mol. The number of anilines is 1. The van der Waals surface area contributed by atoms with Crippen LogP contribution >= 0.6 is 0 Å². The molecule has 2 aliphatic heterocycles. The highest BCUT2D eigenvalue weighted by Crippen LogP contribution is 2.38. The van der Waals surface area contributed by atoms with Crippen LogP contribution in [0.1, 0.15) is 47.6 Å². The van der Waals surface area contributed by atoms with Gasteiger partial charge in [-0.25, -0.2) is 0 Å². The largest absolute Gasteiger partial charge is 0.490 e. The molecule has 1 N–H and O–H groups in total. The summed E-state index contributed by atoms with van der Waals surface area (Å²) in [5.41, 5.74) is 2.17. The number of fused-ring (bicyclic) bond motifs is 1. The second-order valence-electron chi connectivity index (χ2n) is 7.37. The Kier molecular flexibility index (Phi) is 5.84. The van der Waals surface area contributed by atoms with Gasteiger partial charge >= 0.3 is 0 Å². The molecule has 1 fully saturated rings. The first kappa shape index (κ1) is 19.8. The molecule has 0 saturated carbocycles. The summed E-state index contributed by atoms with van der Waals surface area (Å²) >= 11 is 0. The van der Waals surface area contributed by atoms with E-state index in [1.54, 1.807) is 24.3 Å². The fraction of sp³-hybridized carbons (Fsp3) is 0.348. The van der Waals surface area contributed by atoms with Crippen LogP contribution in [-0.4, -0.2) is 36.5 Å². The van der Waals surface area contributed by atoms with Crippen LogP contribution in [-0.2, 0) is 4.79 Å². The fourth-order valence-electron chi connectivity index (χ4n) is 3.88. The molecule has 2 aromatic carbocycles. The smallest absolute Gasteiger partial charge is 0.254 e. The second kappa shape index (κ2) is 8.87. The molecule has 2 aliphatic rings. The quantitative estimate of drug-likeness (QED) is 0.838. The molecule has 7 nitrogen and oxygen atoms in total. The van der Waals surface area contributed by atoms with E-state index in [9.17, 15) is 9.59 Å². The number of hydrogen-bond donors (Lipinski definition) is 1. The average molecular weight is 405 g/mol. The maximum absolute atomic E-state index is 13.2. The van der Waals surface area contributed by atoms with Crippen LogP contribution in [0.3, 0.4) is 0 Å². The molecule has 1 atom stereocenters. The minimum atomic E-state index is -0.370. The van der Waals surface area contributed by atoms with E-state index in [0.29, 0.717) is 31.0 Å². The number of carbonyl (C=O) groups is 2. The number of carbonyl (C=O) groups excluding carboxylic acids is 2. The van der Waals surface area contributed by atoms with E-state index in [4.69, 9.17) is 14.7 Å². The lowest BCUT2D eigenvalue weighted by atomic mass is 10.0. The number of ether oxygens (including phenoxy) is 2. The molecule has 1 saturated heterocycles. The van der Waals surface area contributed by atoms with Gasteiger partial charge in [-0.3, -0.25) is 9.59 Å². The molecule has 154 valence electrons. The fourth-order valence-corrected chi connectivity index (χ4v) is 3.88. The Labute approximate surface area is 175 Å². The van der Waals surface area contributed by atoms with Gasteiger partial charge in [0, 0.05) is 24.2 Å². The van der Waals surface area contributed by atoms with E-state index in [0.717, 1.165) is 36.3 Å². The Morgan fingerprint density at radius 3 is 2.60 bits per heavy atom. The minimum absolute atomic E-state index is 0.00957. The molecule has 0 radical (unpaired) electrons. The first-order valence-corrected chi connectivity index (χ1v) is 10.1. The third-order valence-corrected chi connectivity index (χ3v) is 5.33. The Bertz CT molecular complexity index is 981. The van der Waals surface area contributed by atoms with Crippen molar-refractivity contribution in [2.75, 3.05) is 25.1 Å². The number of benzene rings is 2. The van der Waals surface area contributed by atoms with Crippen molar-refractivity contribution in [3.05, 3.63) is 53.6 Å². The van der Waals surface area contributed by atoms with Gasteiger partial charge in [0.15, 0.2) is 11.5 Å². The lowest BCUT2D eigenvalue weighted by molar-refractivity contribution is -0.115. The summed E-state index contributed by atoms with van der Waals surface area (Å²) in [4.78, 5) is 26.6. The third kappa shape index (κ3) is 4.23. The normalized spacial score (nSPS) is 17.7. The molecule has 0 aliphatic carbocycles. The maximum Gasteiger partial charge on any atom is 0.254 e. The van der Waals surface area contributed by atoms with E-state index in [2.05, 4.69) is 5.32 Å². The van der Waals surface area contributed by atoms with E-state index in [-0.39, 0.29) is 24.3 Å². The Morgan fingerprint density at radius 2 is 1.83 bits per heavy atom. The minimum Gasteiger partial charge on any atom is -0.490 e. The SMILES string of the molecule is N#CCC(=O)Nc1ccc(C(=O)N2CCC[C@@H]2c2ccc3c(c2)OCCCO3)cc1. The van der Waals surface area contributed by atoms with Gasteiger partial charge in [0.2, 0.25) is 5.91 Å². The molecule has 4 rings (SSSR count). The average Bonchev–Trinajstić information content (AvgIpc) is 3.12. The van der Waals surface area contributed by atoms with Crippen LogP contribution < -0.4 is 14.8 Å². The molecule has 0 spiro atoms. The summed E-state index contributed by atoms with van der Waals surface area (Å²) < 4.78 is 11.5. The van der Waals surface area contributed by atoms with Crippen LogP contribution in [0.15, 0.2) is 42.5 Å². The zero-order valence-corrected chi connectivity index (χ0v) is 16.6. The zero-order chi connectivity index (χ0) is 20.9. The van der Waals surface area contributed by atoms with E-state index < -0.39 is 0 Å². The molecule has 0 aromatic heterocycles. The molecule has 2 heterocycles. The highest BCUT2D eigenvalue weighted by molar-refractivity contribution is 5.96. The van der Waals surface area contributed by atoms with Crippen molar-refractivity contribution >= 4 is 17.5 Å². The summed E-state index contributed by atoms with van der Waals surface area (Å²) in [5, 5.41) is 11.2. The van der Waals surface area contributed by atoms with Crippen molar-refractivity contribution in [2.24, 2.45) is 0 Å². The lowest BCUT2D eigenvalue weighted by Crippen LogP contribution is -2.30. The third-order valence-electron chi connectivity index (χ3n) is 5.33. The predicted octanol–water partition coefficient (Wildman–Crippen LogP) is 3.68. The highest BCUT2D eigenvalue weighted by Gasteiger charge is 2.31. The number of nitrogens with zero attached hydrogens (tertiary/aromatic N) is 2. The molecule has 0 unspecified atom stereocenters. The van der Waals surface area contributed by atoms with Crippen LogP contribution in [0.2, 0.25) is 0 Å². The van der Waals surface area contributed by atoms with E-state index in [1.165, 1.54) is 0 Å². The zero-order valence-electron chi connectivity index (χ0n) is 16.6. The van der Waals surface area contributed by atoms with Gasteiger partial charge in [0.25, 0.3) is 5.91 Å². The number of rotatable bonds is 4. The molecular formula is C23H23N3O4. The van der Waals surface area contributed by atoms with E-state index >= 15 is 0 Å². The van der Waals surface area contributed by atoms with Crippen molar-refractivity contribution in [3.8, 4) is 17.6 Å². The Balaban J connectivity index is 1.49. The maximum atomic E-state index is 13.2. The van der Waals surface area contributed by atoms with E-state index in [1.807, 2.05) is 29.2 Å². The lowest BCUT2D eigenvalue weighted by Gasteiger charge is -2.26. The summed E-state index contributed by atoms with van der Waals surface area (Å²) in [6.07, 6.45) is 2.48. The number of nitriles is 1. The molecule has 30 heavy (non-hydrogen) atoms. The van der Waals surface area contributed by atoms with Crippen LogP contribution in [0.5, 0.6) is 11.5 Å². The van der Waals surface area contributed by atoms with Gasteiger partial charge in [0.1, 0.15) is 6.42 Å². The van der Waals surface area contributed by atoms with Crippen molar-refractivity contribution in [1.82, 2.24) is 4.90 Å². The summed E-state index contributed by atoms with van der Waals surface area (Å²) in [5.74, 6) is 1.08. The van der Waals surface area contributed by atoms with Crippen LogP contribution in [0.4, 0.5) is 5.69 Å². The van der Waals surface area contributed by atoms with Crippen molar-refractivity contribution in [3.63, 3.8) is 0 Å². The molecule has 7 heteroatoms. The Morgan fingerprint density at radius 1 is 1.07 bits per heavy atom. The Hall–Kier alpha value is -3.53. The van der Waals surface area contributed by atoms with Gasteiger partial charge in [0.05, 0.1) is 25.3 Å². The number of nitrogens with one attached hydrogen (secondary N) is 1. The number of likely N-dealkylation sites (tertiary alicyclic amines) is 1. The summed E-state index contributed by atoms with van der Waals surface area (Å²) in [6.45, 7) is 1.97. The van der Waals surface area contributed by atoms with Gasteiger partial charge in [-0.2, -0.15) is 5.26 Å². The topological polar surface area (TPSA) is 91.7 Å². The van der Waals surface area contributed by atoms with Gasteiger partial charge in [-0.1, -0.05) is 6.07 Å². The second-order valence-corrected chi connectivity index (χ2v) is 7.37. The molecule has 0 bridgehead atoms. The molecule has 2 amide bonds. The molecular weight excluding hydrogens is 382 g/mol. The standard InChI is InChI=1S/C23H23N3O4/c24-11-10-22(27)25-18-7-4-16(5-8-18)23(28)26-12-1-3-19(26)17-6-9-20-21(15-17)30-14-2-13-29-20/h4-9,15,19H,1-3,10,12-14H2,(H,25,27)/t19-/m1/s1. The van der Waals surface area contributed by atoms with Crippen molar-refractivity contribution < 1.29 is 19.1 Å². The number of amides is 2. The van der Waals surface area contributed by atoms with Crippen LogP contribution in [0, 0.1) is 11.3 Å².